The zero-order chi connectivity index (χ0) is 19.1. The number of amides is 1. The Bertz CT molecular complexity index is 757. The summed E-state index contributed by atoms with van der Waals surface area (Å²) >= 11 is 0. The largest absolute Gasteiger partial charge is 0.493 e. The lowest BCUT2D eigenvalue weighted by Crippen LogP contribution is -2.35. The first kappa shape index (κ1) is 22.0. The van der Waals surface area contributed by atoms with Crippen LogP contribution in [0.2, 0.25) is 0 Å². The molecule has 0 aromatic heterocycles. The lowest BCUT2D eigenvalue weighted by atomic mass is 10.1. The van der Waals surface area contributed by atoms with Gasteiger partial charge in [0.15, 0.2) is 11.5 Å². The second-order valence-electron chi connectivity index (χ2n) is 6.54. The molecule has 2 aromatic carbocycles. The Balaban J connectivity index is 0.00000280. The summed E-state index contributed by atoms with van der Waals surface area (Å²) in [5.41, 5.74) is 7.60. The summed E-state index contributed by atoms with van der Waals surface area (Å²) in [6.07, 6.45) is 1.12. The number of nitrogens with two attached hydrogens (primary N) is 1. The fourth-order valence-electron chi connectivity index (χ4n) is 3.05. The van der Waals surface area contributed by atoms with Crippen LogP contribution in [0.15, 0.2) is 48.5 Å². The van der Waals surface area contributed by atoms with Gasteiger partial charge in [-0.3, -0.25) is 4.79 Å². The van der Waals surface area contributed by atoms with Crippen molar-refractivity contribution in [1.29, 1.82) is 0 Å². The molecule has 3 N–H and O–H groups in total. The van der Waals surface area contributed by atoms with Gasteiger partial charge in [0.25, 0.3) is 0 Å². The van der Waals surface area contributed by atoms with Crippen LogP contribution in [0.5, 0.6) is 11.5 Å². The molecule has 0 aliphatic carbocycles. The first-order valence-electron chi connectivity index (χ1n) is 9.16. The minimum atomic E-state index is -0.408. The van der Waals surface area contributed by atoms with Gasteiger partial charge in [0.05, 0.1) is 13.2 Å². The van der Waals surface area contributed by atoms with Crippen molar-refractivity contribution < 1.29 is 19.0 Å². The third-order valence-corrected chi connectivity index (χ3v) is 4.59. The Labute approximate surface area is 171 Å². The molecule has 152 valence electrons. The number of nitrogens with one attached hydrogen (secondary N) is 1. The fourth-order valence-corrected chi connectivity index (χ4v) is 3.05. The summed E-state index contributed by atoms with van der Waals surface area (Å²) in [6, 6.07) is 15.6. The van der Waals surface area contributed by atoms with Crippen molar-refractivity contribution in [3.8, 4) is 11.5 Å². The van der Waals surface area contributed by atoms with Gasteiger partial charge >= 0.3 is 0 Å². The number of ether oxygens (including phenoxy) is 3. The number of rotatable bonds is 8. The molecule has 1 saturated heterocycles. The van der Waals surface area contributed by atoms with Crippen LogP contribution in [0.1, 0.15) is 24.0 Å². The molecule has 2 aromatic rings. The molecule has 3 rings (SSSR count). The summed E-state index contributed by atoms with van der Waals surface area (Å²) < 4.78 is 16.9. The van der Waals surface area contributed by atoms with Crippen molar-refractivity contribution in [3.63, 3.8) is 0 Å². The third-order valence-electron chi connectivity index (χ3n) is 4.59. The average molecular weight is 407 g/mol. The molecular weight excluding hydrogens is 380 g/mol. The molecule has 1 aliphatic rings. The van der Waals surface area contributed by atoms with E-state index in [4.69, 9.17) is 19.9 Å². The van der Waals surface area contributed by atoms with E-state index in [1.54, 1.807) is 7.11 Å². The molecule has 0 bridgehead atoms. The second-order valence-corrected chi connectivity index (χ2v) is 6.54. The first-order chi connectivity index (χ1) is 13.2. The number of benzene rings is 2. The van der Waals surface area contributed by atoms with Crippen molar-refractivity contribution in [2.75, 3.05) is 13.7 Å². The maximum Gasteiger partial charge on any atom is 0.249 e. The normalized spacial score (nSPS) is 18.2. The van der Waals surface area contributed by atoms with Crippen molar-refractivity contribution in [3.05, 3.63) is 59.7 Å². The highest BCUT2D eigenvalue weighted by molar-refractivity contribution is 5.85. The molecule has 2 atom stereocenters. The van der Waals surface area contributed by atoms with Gasteiger partial charge in [-0.1, -0.05) is 36.4 Å². The summed E-state index contributed by atoms with van der Waals surface area (Å²) in [5, 5.41) is 2.91. The highest BCUT2D eigenvalue weighted by Crippen LogP contribution is 2.29. The van der Waals surface area contributed by atoms with E-state index in [0.29, 0.717) is 37.6 Å². The number of halogens is 1. The van der Waals surface area contributed by atoms with E-state index in [2.05, 4.69) is 5.32 Å². The molecule has 0 unspecified atom stereocenters. The van der Waals surface area contributed by atoms with Crippen LogP contribution in [-0.2, 0) is 22.7 Å². The molecule has 1 aliphatic heterocycles. The van der Waals surface area contributed by atoms with E-state index in [0.717, 1.165) is 17.5 Å². The van der Waals surface area contributed by atoms with Crippen LogP contribution in [0, 0.1) is 0 Å². The molecule has 0 radical (unpaired) electrons. The van der Waals surface area contributed by atoms with Gasteiger partial charge in [-0.05, 0) is 36.1 Å². The number of methoxy groups -OCH3 is 1. The fraction of sp³-hybridized carbons (Fsp3) is 0.381. The van der Waals surface area contributed by atoms with Gasteiger partial charge in [0.1, 0.15) is 12.7 Å². The standard InChI is InChI=1S/C21H26N2O4.ClH/c1-25-20-11-16(13-23-21(24)19-10-8-17(12-22)27-19)7-9-18(20)26-14-15-5-3-2-4-6-15;/h2-7,9,11,17,19H,8,10,12-14,22H2,1H3,(H,23,24);1H/t17-,19+;/m1./s1. The zero-order valence-corrected chi connectivity index (χ0v) is 16.7. The molecule has 0 saturated carbocycles. The van der Waals surface area contributed by atoms with Gasteiger partial charge in [-0.25, -0.2) is 0 Å². The van der Waals surface area contributed by atoms with Crippen molar-refractivity contribution in [2.24, 2.45) is 5.73 Å². The zero-order valence-electron chi connectivity index (χ0n) is 15.9. The van der Waals surface area contributed by atoms with Gasteiger partial charge in [0.2, 0.25) is 5.91 Å². The van der Waals surface area contributed by atoms with Gasteiger partial charge in [-0.2, -0.15) is 0 Å². The third kappa shape index (κ3) is 5.86. The Morgan fingerprint density at radius 3 is 2.61 bits per heavy atom. The van der Waals surface area contributed by atoms with Crippen LogP contribution in [0.4, 0.5) is 0 Å². The van der Waals surface area contributed by atoms with E-state index in [-0.39, 0.29) is 24.4 Å². The summed E-state index contributed by atoms with van der Waals surface area (Å²) in [4.78, 5) is 12.2. The number of hydrogen-bond donors (Lipinski definition) is 2. The van der Waals surface area contributed by atoms with Crippen LogP contribution in [-0.4, -0.2) is 31.8 Å². The summed E-state index contributed by atoms with van der Waals surface area (Å²) in [7, 11) is 1.60. The Morgan fingerprint density at radius 1 is 1.14 bits per heavy atom. The number of carbonyl (C=O) groups is 1. The number of hydrogen-bond acceptors (Lipinski definition) is 5. The van der Waals surface area contributed by atoms with E-state index >= 15 is 0 Å². The van der Waals surface area contributed by atoms with E-state index in [1.807, 2.05) is 48.5 Å². The Hall–Kier alpha value is -2.28. The minimum Gasteiger partial charge on any atom is -0.493 e. The maximum atomic E-state index is 12.2. The lowest BCUT2D eigenvalue weighted by molar-refractivity contribution is -0.132. The molecule has 6 nitrogen and oxygen atoms in total. The van der Waals surface area contributed by atoms with Crippen molar-refractivity contribution in [2.45, 2.75) is 38.2 Å². The van der Waals surface area contributed by atoms with Gasteiger partial charge < -0.3 is 25.3 Å². The molecule has 7 heteroatoms. The highest BCUT2D eigenvalue weighted by atomic mass is 35.5. The molecule has 1 amide bonds. The van der Waals surface area contributed by atoms with Gasteiger partial charge in [-0.15, -0.1) is 12.4 Å². The predicted molar refractivity (Wildman–Crippen MR) is 110 cm³/mol. The molecule has 1 heterocycles. The average Bonchev–Trinajstić information content (AvgIpc) is 3.21. The van der Waals surface area contributed by atoms with E-state index < -0.39 is 6.10 Å². The Kier molecular flexibility index (Phi) is 8.57. The molecule has 0 spiro atoms. The van der Waals surface area contributed by atoms with E-state index in [9.17, 15) is 4.79 Å². The van der Waals surface area contributed by atoms with Crippen LogP contribution >= 0.6 is 12.4 Å². The lowest BCUT2D eigenvalue weighted by Gasteiger charge is -2.14. The smallest absolute Gasteiger partial charge is 0.249 e. The molecule has 28 heavy (non-hydrogen) atoms. The van der Waals surface area contributed by atoms with Crippen LogP contribution in [0.25, 0.3) is 0 Å². The highest BCUT2D eigenvalue weighted by Gasteiger charge is 2.29. The topological polar surface area (TPSA) is 82.8 Å². The SMILES string of the molecule is COc1cc(CNC(=O)[C@@H]2CC[C@H](CN)O2)ccc1OCc1ccccc1.Cl. The van der Waals surface area contributed by atoms with Crippen LogP contribution in [0.3, 0.4) is 0 Å². The quantitative estimate of drug-likeness (QED) is 0.704. The van der Waals surface area contributed by atoms with E-state index in [1.165, 1.54) is 0 Å². The molecule has 1 fully saturated rings. The van der Waals surface area contributed by atoms with Gasteiger partial charge in [0, 0.05) is 13.1 Å². The Morgan fingerprint density at radius 2 is 1.93 bits per heavy atom. The first-order valence-corrected chi connectivity index (χ1v) is 9.16. The molecular formula is C21H27ClN2O4. The minimum absolute atomic E-state index is 0. The van der Waals surface area contributed by atoms with Crippen molar-refractivity contribution >= 4 is 18.3 Å². The number of carbonyl (C=O) groups excluding carboxylic acids is 1. The summed E-state index contributed by atoms with van der Waals surface area (Å²) in [6.45, 7) is 1.32. The van der Waals surface area contributed by atoms with Crippen molar-refractivity contribution in [1.82, 2.24) is 5.32 Å². The van der Waals surface area contributed by atoms with Crippen LogP contribution < -0.4 is 20.5 Å². The summed E-state index contributed by atoms with van der Waals surface area (Å²) in [5.74, 6) is 1.20. The second kappa shape index (κ2) is 10.9. The predicted octanol–water partition coefficient (Wildman–Crippen LogP) is 2.82. The maximum absolute atomic E-state index is 12.2. The monoisotopic (exact) mass is 406 g/mol.